The molecule has 0 spiro atoms. The Kier molecular flexibility index (Phi) is 4.14. The minimum absolute atomic E-state index is 0.515. The summed E-state index contributed by atoms with van der Waals surface area (Å²) in [5.41, 5.74) is 6.87. The van der Waals surface area contributed by atoms with Crippen molar-refractivity contribution in [2.45, 2.75) is 39.7 Å². The van der Waals surface area contributed by atoms with E-state index in [-0.39, 0.29) is 0 Å². The van der Waals surface area contributed by atoms with Gasteiger partial charge in [0.15, 0.2) is 0 Å². The van der Waals surface area contributed by atoms with Gasteiger partial charge in [-0.15, -0.1) is 0 Å². The number of nitrogens with two attached hydrogens (primary N) is 1. The van der Waals surface area contributed by atoms with Crippen LogP contribution >= 0.6 is 0 Å². The van der Waals surface area contributed by atoms with Gasteiger partial charge in [0.2, 0.25) is 0 Å². The van der Waals surface area contributed by atoms with Gasteiger partial charge in [0.1, 0.15) is 0 Å². The maximum absolute atomic E-state index is 5.56. The lowest BCUT2D eigenvalue weighted by molar-refractivity contribution is 0.454. The van der Waals surface area contributed by atoms with Crippen LogP contribution in [0, 0.1) is 5.92 Å². The molecule has 1 heterocycles. The van der Waals surface area contributed by atoms with E-state index in [0.717, 1.165) is 19.5 Å². The molecule has 0 aliphatic heterocycles. The van der Waals surface area contributed by atoms with Crippen molar-refractivity contribution in [1.82, 2.24) is 9.78 Å². The monoisotopic (exact) mass is 195 g/mol. The van der Waals surface area contributed by atoms with Crippen LogP contribution in [0.1, 0.15) is 38.8 Å². The third-order valence-corrected chi connectivity index (χ3v) is 2.39. The third kappa shape index (κ3) is 2.84. The Morgan fingerprint density at radius 2 is 2.14 bits per heavy atom. The van der Waals surface area contributed by atoms with E-state index in [2.05, 4.69) is 36.6 Å². The molecule has 14 heavy (non-hydrogen) atoms. The van der Waals surface area contributed by atoms with E-state index in [1.807, 2.05) is 6.20 Å². The predicted molar refractivity (Wildman–Crippen MR) is 59.2 cm³/mol. The molecule has 0 aromatic carbocycles. The van der Waals surface area contributed by atoms with Gasteiger partial charge >= 0.3 is 0 Å². The zero-order valence-electron chi connectivity index (χ0n) is 9.40. The normalized spacial score (nSPS) is 13.5. The molecule has 1 aromatic heterocycles. The fourth-order valence-corrected chi connectivity index (χ4v) is 1.66. The minimum Gasteiger partial charge on any atom is -0.330 e. The Morgan fingerprint density at radius 3 is 2.71 bits per heavy atom. The van der Waals surface area contributed by atoms with Gasteiger partial charge < -0.3 is 5.73 Å². The van der Waals surface area contributed by atoms with Gasteiger partial charge in [0, 0.05) is 18.4 Å². The summed E-state index contributed by atoms with van der Waals surface area (Å²) < 4.78 is 2.10. The molecule has 0 aliphatic carbocycles. The number of hydrogen-bond acceptors (Lipinski definition) is 2. The molecule has 1 atom stereocenters. The summed E-state index contributed by atoms with van der Waals surface area (Å²) in [6.07, 6.45) is 2.91. The fraction of sp³-hybridized carbons (Fsp3) is 0.727. The zero-order valence-corrected chi connectivity index (χ0v) is 9.40. The van der Waals surface area contributed by atoms with E-state index >= 15 is 0 Å². The van der Waals surface area contributed by atoms with Crippen molar-refractivity contribution in [2.75, 3.05) is 6.54 Å². The lowest BCUT2D eigenvalue weighted by Gasteiger charge is -2.14. The largest absolute Gasteiger partial charge is 0.330 e. The lowest BCUT2D eigenvalue weighted by Crippen LogP contribution is -2.13. The number of hydrogen-bond donors (Lipinski definition) is 1. The van der Waals surface area contributed by atoms with E-state index in [4.69, 9.17) is 5.73 Å². The average Bonchev–Trinajstić information content (AvgIpc) is 2.51. The Morgan fingerprint density at radius 1 is 1.43 bits per heavy atom. The van der Waals surface area contributed by atoms with Crippen molar-refractivity contribution < 1.29 is 0 Å². The van der Waals surface area contributed by atoms with Crippen molar-refractivity contribution in [2.24, 2.45) is 11.7 Å². The van der Waals surface area contributed by atoms with E-state index in [9.17, 15) is 0 Å². The van der Waals surface area contributed by atoms with Gasteiger partial charge in [-0.2, -0.15) is 5.10 Å². The predicted octanol–water partition coefficient (Wildman–Crippen LogP) is 1.99. The molecule has 3 heteroatoms. The van der Waals surface area contributed by atoms with Crippen molar-refractivity contribution in [3.8, 4) is 0 Å². The average molecular weight is 195 g/mol. The smallest absolute Gasteiger partial charge is 0.0492 e. The van der Waals surface area contributed by atoms with E-state index in [1.54, 1.807) is 0 Å². The topological polar surface area (TPSA) is 43.8 Å². The second-order valence-corrected chi connectivity index (χ2v) is 4.31. The Hall–Kier alpha value is -0.830. The number of nitrogens with zero attached hydrogens (tertiary/aromatic N) is 2. The van der Waals surface area contributed by atoms with Crippen LogP contribution in [0.2, 0.25) is 0 Å². The van der Waals surface area contributed by atoms with Crippen LogP contribution < -0.4 is 5.73 Å². The Labute approximate surface area is 86.3 Å². The minimum atomic E-state index is 0.515. The molecule has 0 aliphatic rings. The summed E-state index contributed by atoms with van der Waals surface area (Å²) in [6.45, 7) is 8.37. The van der Waals surface area contributed by atoms with Gasteiger partial charge in [0.25, 0.3) is 0 Å². The highest BCUT2D eigenvalue weighted by Gasteiger charge is 2.10. The second kappa shape index (κ2) is 5.15. The molecule has 1 rings (SSSR count). The molecule has 0 radical (unpaired) electrons. The highest BCUT2D eigenvalue weighted by Crippen LogP contribution is 2.18. The standard InChI is InChI=1S/C11H21N3/c1-9(2)8-14-11(5-7-13-14)10(3)4-6-12/h5,7,9-10H,4,6,8,12H2,1-3H3. The fourth-order valence-electron chi connectivity index (χ4n) is 1.66. The molecular weight excluding hydrogens is 174 g/mol. The zero-order chi connectivity index (χ0) is 10.6. The van der Waals surface area contributed by atoms with Crippen LogP contribution in [0.3, 0.4) is 0 Å². The van der Waals surface area contributed by atoms with E-state index in [1.165, 1.54) is 5.69 Å². The van der Waals surface area contributed by atoms with Crippen molar-refractivity contribution in [1.29, 1.82) is 0 Å². The van der Waals surface area contributed by atoms with Crippen LogP contribution in [0.5, 0.6) is 0 Å². The Balaban J connectivity index is 2.70. The molecule has 1 unspecified atom stereocenters. The van der Waals surface area contributed by atoms with Gasteiger partial charge in [-0.3, -0.25) is 4.68 Å². The van der Waals surface area contributed by atoms with Gasteiger partial charge in [-0.1, -0.05) is 20.8 Å². The molecule has 1 aromatic rings. The number of rotatable bonds is 5. The first kappa shape index (κ1) is 11.2. The molecule has 0 bridgehead atoms. The quantitative estimate of drug-likeness (QED) is 0.781. The van der Waals surface area contributed by atoms with Crippen LogP contribution in [0.15, 0.2) is 12.3 Å². The first-order chi connectivity index (χ1) is 6.65. The number of aromatic nitrogens is 2. The molecule has 0 saturated carbocycles. The molecule has 0 saturated heterocycles. The molecule has 80 valence electrons. The maximum atomic E-state index is 5.56. The van der Waals surface area contributed by atoms with E-state index in [0.29, 0.717) is 11.8 Å². The summed E-state index contributed by atoms with van der Waals surface area (Å²) >= 11 is 0. The summed E-state index contributed by atoms with van der Waals surface area (Å²) in [6, 6.07) is 2.10. The molecule has 0 fully saturated rings. The second-order valence-electron chi connectivity index (χ2n) is 4.31. The first-order valence-electron chi connectivity index (χ1n) is 5.37. The van der Waals surface area contributed by atoms with Gasteiger partial charge in [-0.05, 0) is 30.9 Å². The molecule has 2 N–H and O–H groups in total. The Bertz CT molecular complexity index is 265. The third-order valence-electron chi connectivity index (χ3n) is 2.39. The summed E-state index contributed by atoms with van der Waals surface area (Å²) in [5.74, 6) is 1.15. The van der Waals surface area contributed by atoms with Gasteiger partial charge in [0.05, 0.1) is 0 Å². The molecule has 3 nitrogen and oxygen atoms in total. The summed E-state index contributed by atoms with van der Waals surface area (Å²) in [4.78, 5) is 0. The molecular formula is C11H21N3. The highest BCUT2D eigenvalue weighted by molar-refractivity contribution is 5.06. The lowest BCUT2D eigenvalue weighted by atomic mass is 10.0. The summed E-state index contributed by atoms with van der Waals surface area (Å²) in [5, 5.41) is 4.34. The maximum Gasteiger partial charge on any atom is 0.0492 e. The molecule has 0 amide bonds. The SMILES string of the molecule is CC(C)Cn1nccc1C(C)CCN. The van der Waals surface area contributed by atoms with Crippen molar-refractivity contribution in [3.63, 3.8) is 0 Å². The van der Waals surface area contributed by atoms with Crippen LogP contribution in [0.25, 0.3) is 0 Å². The van der Waals surface area contributed by atoms with Crippen LogP contribution in [0.4, 0.5) is 0 Å². The van der Waals surface area contributed by atoms with E-state index < -0.39 is 0 Å². The highest BCUT2D eigenvalue weighted by atomic mass is 15.3. The summed E-state index contributed by atoms with van der Waals surface area (Å²) in [7, 11) is 0. The first-order valence-corrected chi connectivity index (χ1v) is 5.37. The van der Waals surface area contributed by atoms with Crippen molar-refractivity contribution in [3.05, 3.63) is 18.0 Å². The van der Waals surface area contributed by atoms with Crippen LogP contribution in [-0.2, 0) is 6.54 Å². The van der Waals surface area contributed by atoms with Crippen molar-refractivity contribution >= 4 is 0 Å². The van der Waals surface area contributed by atoms with Gasteiger partial charge in [-0.25, -0.2) is 0 Å². The van der Waals surface area contributed by atoms with Crippen LogP contribution in [-0.4, -0.2) is 16.3 Å².